The zero-order valence-electron chi connectivity index (χ0n) is 9.52. The van der Waals surface area contributed by atoms with Gasteiger partial charge in [-0.3, -0.25) is 4.79 Å². The summed E-state index contributed by atoms with van der Waals surface area (Å²) >= 11 is 0. The van der Waals surface area contributed by atoms with Crippen LogP contribution in [0.1, 0.15) is 52.9 Å². The first kappa shape index (κ1) is 10.0. The normalized spacial score (nSPS) is 41.4. The molecule has 1 spiro atoms. The van der Waals surface area contributed by atoms with Crippen molar-refractivity contribution in [1.29, 1.82) is 0 Å². The quantitative estimate of drug-likeness (QED) is 0.632. The Hall–Kier alpha value is -0.530. The van der Waals surface area contributed by atoms with E-state index in [2.05, 4.69) is 26.1 Å². The fourth-order valence-electron chi connectivity index (χ4n) is 3.49. The Morgan fingerprint density at radius 3 is 2.57 bits per heavy atom. The second kappa shape index (κ2) is 2.98. The molecule has 2 rings (SSSR count). The maximum Gasteiger partial charge on any atom is 0.220 e. The van der Waals surface area contributed by atoms with Gasteiger partial charge in [-0.1, -0.05) is 20.3 Å². The predicted octanol–water partition coefficient (Wildman–Crippen LogP) is 2.48. The van der Waals surface area contributed by atoms with E-state index < -0.39 is 0 Å². The number of hydrogen-bond donors (Lipinski definition) is 1. The van der Waals surface area contributed by atoms with Crippen LogP contribution in [-0.4, -0.2) is 11.9 Å². The molecule has 1 aliphatic heterocycles. The van der Waals surface area contributed by atoms with Gasteiger partial charge >= 0.3 is 0 Å². The fraction of sp³-hybridized carbons (Fsp3) is 0.917. The Morgan fingerprint density at radius 2 is 2.07 bits per heavy atom. The minimum Gasteiger partial charge on any atom is -0.353 e. The molecule has 0 aromatic rings. The monoisotopic (exact) mass is 195 g/mol. The summed E-state index contributed by atoms with van der Waals surface area (Å²) in [6, 6.07) is 0.384. The van der Waals surface area contributed by atoms with Crippen LogP contribution in [0.5, 0.6) is 0 Å². The molecule has 0 bridgehead atoms. The van der Waals surface area contributed by atoms with Gasteiger partial charge in [0.1, 0.15) is 0 Å². The number of nitrogens with one attached hydrogen (secondary N) is 1. The minimum absolute atomic E-state index is 0.259. The van der Waals surface area contributed by atoms with Crippen LogP contribution in [0.25, 0.3) is 0 Å². The molecule has 2 fully saturated rings. The average molecular weight is 195 g/mol. The van der Waals surface area contributed by atoms with Crippen LogP contribution in [0.2, 0.25) is 0 Å². The minimum atomic E-state index is 0.259. The summed E-state index contributed by atoms with van der Waals surface area (Å²) in [6.07, 6.45) is 5.80. The van der Waals surface area contributed by atoms with Crippen LogP contribution in [0.15, 0.2) is 0 Å². The molecule has 1 N–H and O–H groups in total. The van der Waals surface area contributed by atoms with Gasteiger partial charge in [0.25, 0.3) is 0 Å². The second-order valence-electron chi connectivity index (χ2n) is 6.02. The molecule has 2 atom stereocenters. The SMILES string of the molecule is CC1NC(=O)CC12CCCC(C)(C)C2. The van der Waals surface area contributed by atoms with Crippen molar-refractivity contribution in [3.8, 4) is 0 Å². The molecule has 1 amide bonds. The summed E-state index contributed by atoms with van der Waals surface area (Å²) in [7, 11) is 0. The zero-order valence-corrected chi connectivity index (χ0v) is 9.52. The lowest BCUT2D eigenvalue weighted by atomic mass is 9.61. The molecular formula is C12H21NO. The second-order valence-corrected chi connectivity index (χ2v) is 6.02. The van der Waals surface area contributed by atoms with Crippen LogP contribution < -0.4 is 5.32 Å². The van der Waals surface area contributed by atoms with Crippen LogP contribution in [0.4, 0.5) is 0 Å². The fourth-order valence-corrected chi connectivity index (χ4v) is 3.49. The Balaban J connectivity index is 2.19. The third kappa shape index (κ3) is 1.55. The Bertz CT molecular complexity index is 259. The Labute approximate surface area is 86.5 Å². The highest BCUT2D eigenvalue weighted by Gasteiger charge is 2.48. The van der Waals surface area contributed by atoms with Gasteiger partial charge in [-0.25, -0.2) is 0 Å². The molecule has 2 nitrogen and oxygen atoms in total. The number of hydrogen-bond acceptors (Lipinski definition) is 1. The van der Waals surface area contributed by atoms with Crippen molar-refractivity contribution in [2.24, 2.45) is 10.8 Å². The third-order valence-electron chi connectivity index (χ3n) is 4.17. The van der Waals surface area contributed by atoms with Crippen LogP contribution >= 0.6 is 0 Å². The van der Waals surface area contributed by atoms with Crippen LogP contribution in [0.3, 0.4) is 0 Å². The van der Waals surface area contributed by atoms with Gasteiger partial charge in [0, 0.05) is 12.5 Å². The van der Waals surface area contributed by atoms with Crippen molar-refractivity contribution < 1.29 is 4.79 Å². The lowest BCUT2D eigenvalue weighted by Gasteiger charge is -2.44. The van der Waals surface area contributed by atoms with E-state index in [-0.39, 0.29) is 11.3 Å². The van der Waals surface area contributed by atoms with Crippen LogP contribution in [-0.2, 0) is 4.79 Å². The van der Waals surface area contributed by atoms with Gasteiger partial charge in [-0.05, 0) is 37.0 Å². The van der Waals surface area contributed by atoms with E-state index in [1.165, 1.54) is 25.7 Å². The third-order valence-corrected chi connectivity index (χ3v) is 4.17. The van der Waals surface area contributed by atoms with Gasteiger partial charge < -0.3 is 5.32 Å². The molecule has 2 unspecified atom stereocenters. The van der Waals surface area contributed by atoms with E-state index >= 15 is 0 Å². The number of amides is 1. The average Bonchev–Trinajstić information content (AvgIpc) is 2.24. The van der Waals surface area contributed by atoms with E-state index in [1.807, 2.05) is 0 Å². The van der Waals surface area contributed by atoms with Gasteiger partial charge in [0.05, 0.1) is 0 Å². The van der Waals surface area contributed by atoms with Crippen molar-refractivity contribution in [2.75, 3.05) is 0 Å². The lowest BCUT2D eigenvalue weighted by Crippen LogP contribution is -2.40. The summed E-state index contributed by atoms with van der Waals surface area (Å²) in [4.78, 5) is 11.4. The van der Waals surface area contributed by atoms with E-state index in [0.717, 1.165) is 6.42 Å². The maximum atomic E-state index is 11.4. The predicted molar refractivity (Wildman–Crippen MR) is 56.9 cm³/mol. The molecule has 1 heterocycles. The Morgan fingerprint density at radius 1 is 1.36 bits per heavy atom. The van der Waals surface area contributed by atoms with E-state index in [1.54, 1.807) is 0 Å². The number of rotatable bonds is 0. The van der Waals surface area contributed by atoms with Crippen molar-refractivity contribution in [1.82, 2.24) is 5.32 Å². The molecule has 2 aliphatic rings. The summed E-state index contributed by atoms with van der Waals surface area (Å²) in [5.41, 5.74) is 0.706. The summed E-state index contributed by atoms with van der Waals surface area (Å²) in [6.45, 7) is 6.85. The van der Waals surface area contributed by atoms with Crippen molar-refractivity contribution >= 4 is 5.91 Å². The van der Waals surface area contributed by atoms with Gasteiger partial charge in [-0.2, -0.15) is 0 Å². The molecule has 0 radical (unpaired) electrons. The van der Waals surface area contributed by atoms with Gasteiger partial charge in [-0.15, -0.1) is 0 Å². The number of carbonyl (C=O) groups excluding carboxylic acids is 1. The van der Waals surface area contributed by atoms with Crippen LogP contribution in [0, 0.1) is 10.8 Å². The Kier molecular flexibility index (Phi) is 2.13. The highest BCUT2D eigenvalue weighted by Crippen LogP contribution is 2.51. The molecule has 2 heteroatoms. The standard InChI is InChI=1S/C12H21NO/c1-9-12(7-10(14)13-9)6-4-5-11(2,3)8-12/h9H,4-8H2,1-3H3,(H,13,14). The first-order valence-corrected chi connectivity index (χ1v) is 5.73. The molecule has 0 aromatic heterocycles. The summed E-state index contributed by atoms with van der Waals surface area (Å²) in [5, 5.41) is 3.08. The first-order chi connectivity index (χ1) is 6.44. The first-order valence-electron chi connectivity index (χ1n) is 5.73. The molecule has 1 saturated carbocycles. The molecule has 14 heavy (non-hydrogen) atoms. The largest absolute Gasteiger partial charge is 0.353 e. The smallest absolute Gasteiger partial charge is 0.220 e. The van der Waals surface area contributed by atoms with Crippen molar-refractivity contribution in [3.05, 3.63) is 0 Å². The zero-order chi connectivity index (χ0) is 10.4. The molecule has 0 aromatic carbocycles. The summed E-state index contributed by atoms with van der Waals surface area (Å²) < 4.78 is 0. The van der Waals surface area contributed by atoms with E-state index in [9.17, 15) is 4.79 Å². The van der Waals surface area contributed by atoms with E-state index in [0.29, 0.717) is 11.5 Å². The molecular weight excluding hydrogens is 174 g/mol. The summed E-state index contributed by atoms with van der Waals surface area (Å²) in [5.74, 6) is 0.259. The molecule has 1 saturated heterocycles. The molecule has 1 aliphatic carbocycles. The lowest BCUT2D eigenvalue weighted by molar-refractivity contribution is -0.120. The van der Waals surface area contributed by atoms with E-state index in [4.69, 9.17) is 0 Å². The van der Waals surface area contributed by atoms with Gasteiger partial charge in [0.15, 0.2) is 0 Å². The highest BCUT2D eigenvalue weighted by molar-refractivity contribution is 5.79. The number of carbonyl (C=O) groups is 1. The maximum absolute atomic E-state index is 11.4. The van der Waals surface area contributed by atoms with Crippen molar-refractivity contribution in [2.45, 2.75) is 58.9 Å². The highest BCUT2D eigenvalue weighted by atomic mass is 16.2. The molecule has 80 valence electrons. The van der Waals surface area contributed by atoms with Crippen molar-refractivity contribution in [3.63, 3.8) is 0 Å². The van der Waals surface area contributed by atoms with Gasteiger partial charge in [0.2, 0.25) is 5.91 Å². The topological polar surface area (TPSA) is 29.1 Å².